The van der Waals surface area contributed by atoms with Crippen LogP contribution in [0.3, 0.4) is 0 Å². The van der Waals surface area contributed by atoms with Gasteiger partial charge in [-0.2, -0.15) is 0 Å². The fourth-order valence-electron chi connectivity index (χ4n) is 1.48. The van der Waals surface area contributed by atoms with Crippen LogP contribution in [0, 0.1) is 0 Å². The van der Waals surface area contributed by atoms with Crippen LogP contribution in [-0.4, -0.2) is 26.7 Å². The molecule has 0 amide bonds. The highest BCUT2D eigenvalue weighted by atomic mass is 16.2. The highest BCUT2D eigenvalue weighted by Gasteiger charge is 2.03. The van der Waals surface area contributed by atoms with Crippen molar-refractivity contribution in [1.82, 2.24) is 15.0 Å². The summed E-state index contributed by atoms with van der Waals surface area (Å²) >= 11 is 0. The zero-order valence-corrected chi connectivity index (χ0v) is 8.40. The van der Waals surface area contributed by atoms with Crippen molar-refractivity contribution in [3.63, 3.8) is 0 Å². The maximum Gasteiger partial charge on any atom is 0.179 e. The quantitative estimate of drug-likeness (QED) is 0.647. The first-order chi connectivity index (χ1) is 7.29. The third-order valence-electron chi connectivity index (χ3n) is 2.24. The summed E-state index contributed by atoms with van der Waals surface area (Å²) in [5.41, 5.74) is 7.12. The van der Waals surface area contributed by atoms with Crippen molar-refractivity contribution in [2.24, 2.45) is 0 Å². The number of nitrogen functional groups attached to an aromatic ring is 1. The van der Waals surface area contributed by atoms with Crippen LogP contribution in [0.5, 0.6) is 0 Å². The number of aliphatic hydroxyl groups is 1. The number of imidazole rings is 1. The Balaban J connectivity index is 2.16. The van der Waals surface area contributed by atoms with E-state index < -0.39 is 0 Å². The van der Waals surface area contributed by atoms with Gasteiger partial charge < -0.3 is 15.8 Å². The van der Waals surface area contributed by atoms with Crippen LogP contribution < -0.4 is 5.73 Å². The molecule has 2 aromatic heterocycles. The molecule has 0 radical (unpaired) electrons. The fourth-order valence-corrected chi connectivity index (χ4v) is 1.48. The molecular formula is C10H14N4O. The minimum atomic E-state index is 0.228. The number of fused-ring (bicyclic) bond motifs is 1. The number of aryl methyl sites for hydroxylation is 1. The minimum absolute atomic E-state index is 0.228. The van der Waals surface area contributed by atoms with E-state index in [1.807, 2.05) is 6.07 Å². The normalized spacial score (nSPS) is 11.0. The van der Waals surface area contributed by atoms with Crippen molar-refractivity contribution in [3.8, 4) is 0 Å². The molecule has 0 unspecified atom stereocenters. The summed E-state index contributed by atoms with van der Waals surface area (Å²) in [6, 6.07) is 3.62. The maximum absolute atomic E-state index is 8.66. The van der Waals surface area contributed by atoms with Crippen molar-refractivity contribution < 1.29 is 5.11 Å². The number of nitrogens with zero attached hydrogens (tertiary/aromatic N) is 2. The summed E-state index contributed by atoms with van der Waals surface area (Å²) in [7, 11) is 0. The Kier molecular flexibility index (Phi) is 2.82. The molecule has 5 heteroatoms. The minimum Gasteiger partial charge on any atom is -0.396 e. The van der Waals surface area contributed by atoms with Crippen molar-refractivity contribution >= 4 is 17.0 Å². The SMILES string of the molecule is Nc1ccc2[nH]c(CCCCO)nc2n1. The lowest BCUT2D eigenvalue weighted by Gasteiger charge is -1.93. The number of unbranched alkanes of at least 4 members (excludes halogenated alkanes) is 1. The van der Waals surface area contributed by atoms with Crippen LogP contribution in [0.1, 0.15) is 18.7 Å². The maximum atomic E-state index is 8.66. The van der Waals surface area contributed by atoms with Gasteiger partial charge in [0, 0.05) is 13.0 Å². The number of nitrogens with one attached hydrogen (secondary N) is 1. The number of aromatic nitrogens is 3. The number of rotatable bonds is 4. The number of hydrogen-bond donors (Lipinski definition) is 3. The van der Waals surface area contributed by atoms with Crippen molar-refractivity contribution in [2.45, 2.75) is 19.3 Å². The molecule has 0 aliphatic heterocycles. The molecule has 2 heterocycles. The van der Waals surface area contributed by atoms with Gasteiger partial charge in [-0.05, 0) is 25.0 Å². The van der Waals surface area contributed by atoms with E-state index in [0.29, 0.717) is 11.5 Å². The molecule has 0 saturated heterocycles. The average molecular weight is 206 g/mol. The molecule has 0 atom stereocenters. The summed E-state index contributed by atoms with van der Waals surface area (Å²) in [5, 5.41) is 8.66. The van der Waals surface area contributed by atoms with Crippen molar-refractivity contribution in [2.75, 3.05) is 12.3 Å². The van der Waals surface area contributed by atoms with Gasteiger partial charge >= 0.3 is 0 Å². The van der Waals surface area contributed by atoms with Gasteiger partial charge in [0.15, 0.2) is 5.65 Å². The molecule has 5 nitrogen and oxygen atoms in total. The Hall–Kier alpha value is -1.62. The van der Waals surface area contributed by atoms with Gasteiger partial charge in [0.1, 0.15) is 11.6 Å². The average Bonchev–Trinajstić information content (AvgIpc) is 2.60. The van der Waals surface area contributed by atoms with E-state index in [2.05, 4.69) is 15.0 Å². The molecule has 2 aromatic rings. The second-order valence-corrected chi connectivity index (χ2v) is 3.47. The van der Waals surface area contributed by atoms with Gasteiger partial charge in [-0.25, -0.2) is 9.97 Å². The smallest absolute Gasteiger partial charge is 0.179 e. The number of aromatic amines is 1. The third-order valence-corrected chi connectivity index (χ3v) is 2.24. The molecule has 0 fully saturated rings. The van der Waals surface area contributed by atoms with Gasteiger partial charge in [0.25, 0.3) is 0 Å². The first kappa shape index (κ1) is 9.92. The predicted octanol–water partition coefficient (Wildman–Crippen LogP) is 0.855. The van der Waals surface area contributed by atoms with Crippen LogP contribution in [0.15, 0.2) is 12.1 Å². The van der Waals surface area contributed by atoms with E-state index in [9.17, 15) is 0 Å². The zero-order valence-electron chi connectivity index (χ0n) is 8.40. The van der Waals surface area contributed by atoms with Gasteiger partial charge in [0.2, 0.25) is 0 Å². The summed E-state index contributed by atoms with van der Waals surface area (Å²) in [5.74, 6) is 1.38. The van der Waals surface area contributed by atoms with Crippen LogP contribution >= 0.6 is 0 Å². The molecule has 0 aliphatic rings. The van der Waals surface area contributed by atoms with Gasteiger partial charge in [-0.1, -0.05) is 0 Å². The summed E-state index contributed by atoms with van der Waals surface area (Å²) < 4.78 is 0. The molecule has 2 rings (SSSR count). The lowest BCUT2D eigenvalue weighted by atomic mass is 10.2. The second-order valence-electron chi connectivity index (χ2n) is 3.47. The summed E-state index contributed by atoms with van der Waals surface area (Å²) in [4.78, 5) is 11.6. The van der Waals surface area contributed by atoms with Crippen LogP contribution in [-0.2, 0) is 6.42 Å². The first-order valence-electron chi connectivity index (χ1n) is 5.01. The van der Waals surface area contributed by atoms with Crippen molar-refractivity contribution in [1.29, 1.82) is 0 Å². The number of anilines is 1. The molecule has 0 aliphatic carbocycles. The van der Waals surface area contributed by atoms with Crippen LogP contribution in [0.2, 0.25) is 0 Å². The standard InChI is InChI=1S/C10H14N4O/c11-8-5-4-7-10(13-8)14-9(12-7)3-1-2-6-15/h4-5,15H,1-3,6H2,(H3,11,12,13,14). The zero-order chi connectivity index (χ0) is 10.7. The number of aliphatic hydroxyl groups excluding tert-OH is 1. The van der Waals surface area contributed by atoms with E-state index in [0.717, 1.165) is 30.6 Å². The number of H-pyrrole nitrogens is 1. The van der Waals surface area contributed by atoms with Crippen molar-refractivity contribution in [3.05, 3.63) is 18.0 Å². The molecule has 0 aromatic carbocycles. The fraction of sp³-hybridized carbons (Fsp3) is 0.400. The molecule has 0 saturated carbocycles. The number of nitrogens with two attached hydrogens (primary N) is 1. The monoisotopic (exact) mass is 206 g/mol. The first-order valence-corrected chi connectivity index (χ1v) is 5.01. The predicted molar refractivity (Wildman–Crippen MR) is 58.3 cm³/mol. The van der Waals surface area contributed by atoms with Gasteiger partial charge in [-0.3, -0.25) is 0 Å². The molecular weight excluding hydrogens is 192 g/mol. The number of pyridine rings is 1. The van der Waals surface area contributed by atoms with E-state index in [1.54, 1.807) is 6.07 Å². The van der Waals surface area contributed by atoms with Crippen LogP contribution in [0.4, 0.5) is 5.82 Å². The van der Waals surface area contributed by atoms with E-state index in [4.69, 9.17) is 10.8 Å². The summed E-state index contributed by atoms with van der Waals surface area (Å²) in [6.07, 6.45) is 2.55. The highest BCUT2D eigenvalue weighted by Crippen LogP contribution is 2.12. The Bertz CT molecular complexity index is 452. The largest absolute Gasteiger partial charge is 0.396 e. The Morgan fingerprint density at radius 1 is 1.27 bits per heavy atom. The molecule has 0 bridgehead atoms. The van der Waals surface area contributed by atoms with Gasteiger partial charge in [0.05, 0.1) is 5.52 Å². The van der Waals surface area contributed by atoms with E-state index in [1.165, 1.54) is 0 Å². The topological polar surface area (TPSA) is 87.8 Å². The number of hydrogen-bond acceptors (Lipinski definition) is 4. The Labute approximate surface area is 87.4 Å². The Morgan fingerprint density at radius 2 is 2.13 bits per heavy atom. The molecule has 80 valence electrons. The Morgan fingerprint density at radius 3 is 2.93 bits per heavy atom. The lowest BCUT2D eigenvalue weighted by molar-refractivity contribution is 0.284. The van der Waals surface area contributed by atoms with E-state index >= 15 is 0 Å². The second kappa shape index (κ2) is 4.27. The lowest BCUT2D eigenvalue weighted by Crippen LogP contribution is -1.90. The van der Waals surface area contributed by atoms with Gasteiger partial charge in [-0.15, -0.1) is 0 Å². The highest BCUT2D eigenvalue weighted by molar-refractivity contribution is 5.72. The summed E-state index contributed by atoms with van der Waals surface area (Å²) in [6.45, 7) is 0.228. The van der Waals surface area contributed by atoms with E-state index in [-0.39, 0.29) is 6.61 Å². The molecule has 0 spiro atoms. The molecule has 15 heavy (non-hydrogen) atoms. The van der Waals surface area contributed by atoms with Crippen LogP contribution in [0.25, 0.3) is 11.2 Å². The molecule has 4 N–H and O–H groups in total. The third kappa shape index (κ3) is 2.24.